The van der Waals surface area contributed by atoms with Crippen LogP contribution in [0.5, 0.6) is 11.5 Å². The first kappa shape index (κ1) is 19.6. The molecule has 0 saturated carbocycles. The van der Waals surface area contributed by atoms with E-state index in [2.05, 4.69) is 10.5 Å². The van der Waals surface area contributed by atoms with Gasteiger partial charge in [0, 0.05) is 25.3 Å². The van der Waals surface area contributed by atoms with Crippen LogP contribution in [0.4, 0.5) is 5.69 Å². The van der Waals surface area contributed by atoms with Gasteiger partial charge in [0.15, 0.2) is 18.1 Å². The van der Waals surface area contributed by atoms with E-state index in [-0.39, 0.29) is 18.3 Å². The zero-order valence-corrected chi connectivity index (χ0v) is 16.1. The predicted molar refractivity (Wildman–Crippen MR) is 102 cm³/mol. The molecule has 0 aromatic heterocycles. The van der Waals surface area contributed by atoms with E-state index < -0.39 is 15.9 Å². The van der Waals surface area contributed by atoms with Gasteiger partial charge in [-0.3, -0.25) is 4.79 Å². The number of hydrogen-bond acceptors (Lipinski definition) is 7. The average Bonchev–Trinajstić information content (AvgIpc) is 3.13. The number of anilines is 1. The Hall–Kier alpha value is -3.11. The normalized spacial score (nSPS) is 13.1. The molecule has 0 aliphatic carbocycles. The van der Waals surface area contributed by atoms with Crippen molar-refractivity contribution in [2.45, 2.75) is 4.90 Å². The van der Waals surface area contributed by atoms with Crippen molar-refractivity contribution in [1.29, 1.82) is 0 Å². The van der Waals surface area contributed by atoms with Crippen molar-refractivity contribution in [3.05, 3.63) is 48.0 Å². The summed E-state index contributed by atoms with van der Waals surface area (Å²) >= 11 is 0. The zero-order chi connectivity index (χ0) is 20.1. The number of benzene rings is 2. The summed E-state index contributed by atoms with van der Waals surface area (Å²) in [5.41, 5.74) is 1.07. The first-order valence-electron chi connectivity index (χ1n) is 8.24. The minimum Gasteiger partial charge on any atom is -0.454 e. The summed E-state index contributed by atoms with van der Waals surface area (Å²) in [6.07, 6.45) is 1.44. The molecule has 0 atom stereocenters. The van der Waals surface area contributed by atoms with Crippen LogP contribution in [0.15, 0.2) is 52.5 Å². The Morgan fingerprint density at radius 2 is 2.00 bits per heavy atom. The van der Waals surface area contributed by atoms with E-state index in [1.165, 1.54) is 32.4 Å². The molecule has 9 nitrogen and oxygen atoms in total. The quantitative estimate of drug-likeness (QED) is 0.555. The highest BCUT2D eigenvalue weighted by molar-refractivity contribution is 7.89. The highest BCUT2D eigenvalue weighted by Gasteiger charge is 2.17. The summed E-state index contributed by atoms with van der Waals surface area (Å²) in [5, 5.41) is 6.31. The summed E-state index contributed by atoms with van der Waals surface area (Å²) in [6, 6.07) is 11.2. The van der Waals surface area contributed by atoms with Crippen molar-refractivity contribution in [2.75, 3.05) is 32.8 Å². The van der Waals surface area contributed by atoms with Gasteiger partial charge in [-0.2, -0.15) is 0 Å². The third-order valence-corrected chi connectivity index (χ3v) is 5.58. The fraction of sp³-hybridized carbons (Fsp3) is 0.222. The van der Waals surface area contributed by atoms with E-state index in [9.17, 15) is 13.2 Å². The molecule has 0 radical (unpaired) electrons. The molecule has 10 heteroatoms. The predicted octanol–water partition coefficient (Wildman–Crippen LogP) is 1.65. The number of sulfonamides is 1. The van der Waals surface area contributed by atoms with Gasteiger partial charge in [-0.15, -0.1) is 0 Å². The van der Waals surface area contributed by atoms with E-state index in [0.29, 0.717) is 17.2 Å². The summed E-state index contributed by atoms with van der Waals surface area (Å²) in [6.45, 7) is -0.143. The van der Waals surface area contributed by atoms with Gasteiger partial charge in [0.25, 0.3) is 5.91 Å². The lowest BCUT2D eigenvalue weighted by atomic mass is 10.2. The van der Waals surface area contributed by atoms with Gasteiger partial charge in [-0.05, 0) is 36.4 Å². The molecule has 1 amide bonds. The number of rotatable bonds is 7. The second-order valence-corrected chi connectivity index (χ2v) is 8.14. The molecule has 3 rings (SSSR count). The molecule has 1 aliphatic rings. The number of carbonyl (C=O) groups excluding carboxylic acids is 1. The van der Waals surface area contributed by atoms with Crippen LogP contribution in [0.1, 0.15) is 5.56 Å². The van der Waals surface area contributed by atoms with Crippen LogP contribution >= 0.6 is 0 Å². The standard InChI is InChI=1S/C18H19N3O6S/c1-21(2)28(23,24)15-5-3-4-14(9-15)20-18(22)11-27-19-10-13-6-7-16-17(8-13)26-12-25-16/h3-10H,11-12H2,1-2H3,(H,20,22). The molecular weight excluding hydrogens is 386 g/mol. The van der Waals surface area contributed by atoms with Crippen molar-refractivity contribution in [3.8, 4) is 11.5 Å². The second-order valence-electron chi connectivity index (χ2n) is 5.98. The van der Waals surface area contributed by atoms with Gasteiger partial charge in [-0.25, -0.2) is 12.7 Å². The van der Waals surface area contributed by atoms with Crippen LogP contribution < -0.4 is 14.8 Å². The summed E-state index contributed by atoms with van der Waals surface area (Å²) in [5.74, 6) is 0.812. The molecule has 1 heterocycles. The molecule has 0 saturated heterocycles. The highest BCUT2D eigenvalue weighted by Crippen LogP contribution is 2.31. The molecule has 0 spiro atoms. The molecule has 148 valence electrons. The van der Waals surface area contributed by atoms with Crippen LogP contribution in [0.3, 0.4) is 0 Å². The first-order valence-corrected chi connectivity index (χ1v) is 9.68. The van der Waals surface area contributed by atoms with E-state index in [4.69, 9.17) is 14.3 Å². The van der Waals surface area contributed by atoms with E-state index >= 15 is 0 Å². The van der Waals surface area contributed by atoms with Gasteiger partial charge < -0.3 is 19.6 Å². The number of ether oxygens (including phenoxy) is 2. The smallest absolute Gasteiger partial charge is 0.265 e. The fourth-order valence-corrected chi connectivity index (χ4v) is 3.28. The highest BCUT2D eigenvalue weighted by atomic mass is 32.2. The van der Waals surface area contributed by atoms with Crippen molar-refractivity contribution >= 4 is 27.8 Å². The maximum atomic E-state index is 12.1. The maximum Gasteiger partial charge on any atom is 0.265 e. The SMILES string of the molecule is CN(C)S(=O)(=O)c1cccc(NC(=O)CON=Cc2ccc3c(c2)OCO3)c1. The number of amides is 1. The molecular formula is C18H19N3O6S. The van der Waals surface area contributed by atoms with Crippen molar-refractivity contribution in [3.63, 3.8) is 0 Å². The minimum absolute atomic E-state index is 0.0806. The van der Waals surface area contributed by atoms with Gasteiger partial charge in [0.05, 0.1) is 11.1 Å². The molecule has 0 bridgehead atoms. The molecule has 2 aromatic carbocycles. The lowest BCUT2D eigenvalue weighted by Crippen LogP contribution is -2.22. The summed E-state index contributed by atoms with van der Waals surface area (Å²) in [7, 11) is -0.709. The van der Waals surface area contributed by atoms with Gasteiger partial charge in [0.1, 0.15) is 0 Å². The maximum absolute atomic E-state index is 12.1. The lowest BCUT2D eigenvalue weighted by Gasteiger charge is -2.12. The van der Waals surface area contributed by atoms with Gasteiger partial charge in [-0.1, -0.05) is 11.2 Å². The lowest BCUT2D eigenvalue weighted by molar-refractivity contribution is -0.120. The number of oxime groups is 1. The molecule has 1 N–H and O–H groups in total. The Balaban J connectivity index is 1.53. The second kappa shape index (κ2) is 8.28. The zero-order valence-electron chi connectivity index (χ0n) is 15.3. The Kier molecular flexibility index (Phi) is 5.81. The third-order valence-electron chi connectivity index (χ3n) is 3.76. The Bertz CT molecular complexity index is 1000. The molecule has 1 aliphatic heterocycles. The number of nitrogens with one attached hydrogen (secondary N) is 1. The van der Waals surface area contributed by atoms with Crippen molar-refractivity contribution < 1.29 is 27.5 Å². The Labute approximate surface area is 162 Å². The average molecular weight is 405 g/mol. The van der Waals surface area contributed by atoms with Crippen LogP contribution in [-0.2, 0) is 19.7 Å². The topological polar surface area (TPSA) is 107 Å². The largest absolute Gasteiger partial charge is 0.454 e. The van der Waals surface area contributed by atoms with Gasteiger partial charge >= 0.3 is 0 Å². The van der Waals surface area contributed by atoms with E-state index in [1.807, 2.05) is 0 Å². The number of hydrogen-bond donors (Lipinski definition) is 1. The van der Waals surface area contributed by atoms with E-state index in [1.54, 1.807) is 30.3 Å². The van der Waals surface area contributed by atoms with Crippen LogP contribution in [0.25, 0.3) is 0 Å². The number of nitrogens with zero attached hydrogens (tertiary/aromatic N) is 2. The monoisotopic (exact) mass is 405 g/mol. The molecule has 2 aromatic rings. The Morgan fingerprint density at radius 3 is 2.79 bits per heavy atom. The number of carbonyl (C=O) groups is 1. The van der Waals surface area contributed by atoms with Crippen molar-refractivity contribution in [1.82, 2.24) is 4.31 Å². The molecule has 0 fully saturated rings. The van der Waals surface area contributed by atoms with Crippen molar-refractivity contribution in [2.24, 2.45) is 5.16 Å². The summed E-state index contributed by atoms with van der Waals surface area (Å²) < 4.78 is 35.9. The molecule has 0 unspecified atom stereocenters. The number of fused-ring (bicyclic) bond motifs is 1. The summed E-state index contributed by atoms with van der Waals surface area (Å²) in [4.78, 5) is 17.0. The van der Waals surface area contributed by atoms with Crippen LogP contribution in [0, 0.1) is 0 Å². The van der Waals surface area contributed by atoms with Crippen LogP contribution in [-0.4, -0.2) is 52.3 Å². The van der Waals surface area contributed by atoms with Crippen LogP contribution in [0.2, 0.25) is 0 Å². The van der Waals surface area contributed by atoms with E-state index in [0.717, 1.165) is 9.87 Å². The first-order chi connectivity index (χ1) is 13.4. The fourth-order valence-electron chi connectivity index (χ4n) is 2.33. The van der Waals surface area contributed by atoms with Gasteiger partial charge in [0.2, 0.25) is 16.8 Å². The minimum atomic E-state index is -3.58. The third kappa shape index (κ3) is 4.59. The molecule has 28 heavy (non-hydrogen) atoms. The Morgan fingerprint density at radius 1 is 1.21 bits per heavy atom.